The first kappa shape index (κ1) is 9.52. The average Bonchev–Trinajstić information content (AvgIpc) is 2.16. The summed E-state index contributed by atoms with van der Waals surface area (Å²) in [6.45, 7) is 5.18. The fraction of sp³-hybridized carbons (Fsp3) is 0.182. The van der Waals surface area contributed by atoms with Gasteiger partial charge in [-0.3, -0.25) is 4.79 Å². The highest BCUT2D eigenvalue weighted by Crippen LogP contribution is 2.18. The lowest BCUT2D eigenvalue weighted by atomic mass is 10.0. The number of benzene rings is 1. The van der Waals surface area contributed by atoms with Gasteiger partial charge in [0.25, 0.3) is 0 Å². The van der Waals surface area contributed by atoms with Crippen molar-refractivity contribution in [2.75, 3.05) is 7.11 Å². The van der Waals surface area contributed by atoms with E-state index in [-0.39, 0.29) is 5.78 Å². The average molecular weight is 176 g/mol. The highest BCUT2D eigenvalue weighted by molar-refractivity contribution is 5.97. The van der Waals surface area contributed by atoms with E-state index in [4.69, 9.17) is 4.74 Å². The molecule has 13 heavy (non-hydrogen) atoms. The van der Waals surface area contributed by atoms with E-state index < -0.39 is 0 Å². The zero-order valence-corrected chi connectivity index (χ0v) is 7.83. The van der Waals surface area contributed by atoms with E-state index >= 15 is 0 Å². The molecule has 0 amide bonds. The Balaban J connectivity index is 3.23. The molecule has 0 saturated heterocycles. The van der Waals surface area contributed by atoms with Gasteiger partial charge in [0, 0.05) is 5.56 Å². The van der Waals surface area contributed by atoms with E-state index in [0.29, 0.717) is 5.56 Å². The fourth-order valence-electron chi connectivity index (χ4n) is 1.16. The van der Waals surface area contributed by atoms with Crippen LogP contribution in [0.5, 0.6) is 5.75 Å². The summed E-state index contributed by atoms with van der Waals surface area (Å²) in [6.07, 6.45) is 1.65. The predicted molar refractivity (Wildman–Crippen MR) is 53.1 cm³/mol. The SMILES string of the molecule is C=Cc1cc(OC)ccc1C(C)=O. The standard InChI is InChI=1S/C11H12O2/c1-4-9-7-10(13-3)5-6-11(9)8(2)12/h4-7H,1H2,2-3H3. The van der Waals surface area contributed by atoms with Crippen LogP contribution in [0.2, 0.25) is 0 Å². The van der Waals surface area contributed by atoms with Crippen molar-refractivity contribution in [3.05, 3.63) is 35.9 Å². The van der Waals surface area contributed by atoms with Crippen molar-refractivity contribution in [1.82, 2.24) is 0 Å². The van der Waals surface area contributed by atoms with Crippen LogP contribution in [0, 0.1) is 0 Å². The topological polar surface area (TPSA) is 26.3 Å². The normalized spacial score (nSPS) is 9.38. The minimum Gasteiger partial charge on any atom is -0.497 e. The molecule has 1 aromatic carbocycles. The number of rotatable bonds is 3. The number of carbonyl (C=O) groups is 1. The van der Waals surface area contributed by atoms with Gasteiger partial charge in [-0.1, -0.05) is 12.7 Å². The molecule has 2 nitrogen and oxygen atoms in total. The van der Waals surface area contributed by atoms with E-state index in [0.717, 1.165) is 11.3 Å². The van der Waals surface area contributed by atoms with Crippen LogP contribution >= 0.6 is 0 Å². The first-order valence-corrected chi connectivity index (χ1v) is 4.00. The van der Waals surface area contributed by atoms with Crippen molar-refractivity contribution in [1.29, 1.82) is 0 Å². The molecule has 0 spiro atoms. The number of carbonyl (C=O) groups excluding carboxylic acids is 1. The van der Waals surface area contributed by atoms with Gasteiger partial charge in [0.2, 0.25) is 0 Å². The van der Waals surface area contributed by atoms with Crippen molar-refractivity contribution < 1.29 is 9.53 Å². The molecule has 0 fully saturated rings. The molecule has 0 aromatic heterocycles. The van der Waals surface area contributed by atoms with Gasteiger partial charge in [0.05, 0.1) is 7.11 Å². The van der Waals surface area contributed by atoms with Crippen LogP contribution in [0.15, 0.2) is 24.8 Å². The lowest BCUT2D eigenvalue weighted by Gasteiger charge is -2.04. The van der Waals surface area contributed by atoms with Crippen LogP contribution in [-0.2, 0) is 0 Å². The molecular formula is C11H12O2. The smallest absolute Gasteiger partial charge is 0.160 e. The zero-order valence-electron chi connectivity index (χ0n) is 7.83. The molecule has 0 bridgehead atoms. The summed E-state index contributed by atoms with van der Waals surface area (Å²) < 4.78 is 5.03. The van der Waals surface area contributed by atoms with Crippen molar-refractivity contribution >= 4 is 11.9 Å². The molecule has 0 N–H and O–H groups in total. The predicted octanol–water partition coefficient (Wildman–Crippen LogP) is 2.54. The van der Waals surface area contributed by atoms with E-state index in [1.54, 1.807) is 31.4 Å². The highest BCUT2D eigenvalue weighted by Gasteiger charge is 2.05. The van der Waals surface area contributed by atoms with Crippen LogP contribution in [-0.4, -0.2) is 12.9 Å². The van der Waals surface area contributed by atoms with E-state index in [1.165, 1.54) is 6.92 Å². The largest absolute Gasteiger partial charge is 0.497 e. The van der Waals surface area contributed by atoms with Gasteiger partial charge in [0.1, 0.15) is 5.75 Å². The molecule has 0 unspecified atom stereocenters. The quantitative estimate of drug-likeness (QED) is 0.661. The van der Waals surface area contributed by atoms with Crippen LogP contribution in [0.1, 0.15) is 22.8 Å². The number of ether oxygens (including phenoxy) is 1. The first-order chi connectivity index (χ1) is 6.19. The van der Waals surface area contributed by atoms with Gasteiger partial charge in [-0.15, -0.1) is 0 Å². The molecule has 0 saturated carbocycles. The van der Waals surface area contributed by atoms with Crippen LogP contribution in [0.25, 0.3) is 6.08 Å². The van der Waals surface area contributed by atoms with Gasteiger partial charge in [0.15, 0.2) is 5.78 Å². The van der Waals surface area contributed by atoms with E-state index in [9.17, 15) is 4.79 Å². The molecule has 0 aliphatic rings. The Bertz CT molecular complexity index is 340. The molecule has 0 radical (unpaired) electrons. The minimum atomic E-state index is 0.0394. The molecule has 0 heterocycles. The van der Waals surface area contributed by atoms with Crippen molar-refractivity contribution in [2.45, 2.75) is 6.92 Å². The maximum atomic E-state index is 11.1. The number of methoxy groups -OCH3 is 1. The number of hydrogen-bond donors (Lipinski definition) is 0. The second-order valence-electron chi connectivity index (χ2n) is 2.71. The second kappa shape index (κ2) is 3.90. The summed E-state index contributed by atoms with van der Waals surface area (Å²) in [5.74, 6) is 0.775. The summed E-state index contributed by atoms with van der Waals surface area (Å²) >= 11 is 0. The summed E-state index contributed by atoms with van der Waals surface area (Å²) in [6, 6.07) is 5.31. The molecule has 1 aromatic rings. The molecule has 1 rings (SSSR count). The molecule has 68 valence electrons. The minimum absolute atomic E-state index is 0.0394. The van der Waals surface area contributed by atoms with Crippen molar-refractivity contribution in [3.8, 4) is 5.75 Å². The third-order valence-electron chi connectivity index (χ3n) is 1.86. The first-order valence-electron chi connectivity index (χ1n) is 4.00. The van der Waals surface area contributed by atoms with Crippen LogP contribution in [0.4, 0.5) is 0 Å². The Morgan fingerprint density at radius 2 is 2.23 bits per heavy atom. The van der Waals surface area contributed by atoms with Crippen molar-refractivity contribution in [2.24, 2.45) is 0 Å². The second-order valence-corrected chi connectivity index (χ2v) is 2.71. The molecule has 2 heteroatoms. The molecule has 0 aliphatic carbocycles. The maximum absolute atomic E-state index is 11.1. The molecule has 0 atom stereocenters. The Morgan fingerprint density at radius 1 is 1.54 bits per heavy atom. The Morgan fingerprint density at radius 3 is 2.69 bits per heavy atom. The summed E-state index contributed by atoms with van der Waals surface area (Å²) in [4.78, 5) is 11.1. The lowest BCUT2D eigenvalue weighted by molar-refractivity contribution is 0.101. The number of ketones is 1. The van der Waals surface area contributed by atoms with E-state index in [2.05, 4.69) is 6.58 Å². The Labute approximate surface area is 77.8 Å². The molecular weight excluding hydrogens is 164 g/mol. The summed E-state index contributed by atoms with van der Waals surface area (Å²) in [5, 5.41) is 0. The van der Waals surface area contributed by atoms with Crippen LogP contribution in [0.3, 0.4) is 0 Å². The van der Waals surface area contributed by atoms with Gasteiger partial charge in [-0.2, -0.15) is 0 Å². The third-order valence-corrected chi connectivity index (χ3v) is 1.86. The zero-order chi connectivity index (χ0) is 9.84. The van der Waals surface area contributed by atoms with Crippen LogP contribution < -0.4 is 4.74 Å². The monoisotopic (exact) mass is 176 g/mol. The Kier molecular flexibility index (Phi) is 2.85. The molecule has 0 aliphatic heterocycles. The van der Waals surface area contributed by atoms with Gasteiger partial charge in [-0.05, 0) is 30.7 Å². The lowest BCUT2D eigenvalue weighted by Crippen LogP contribution is -1.96. The van der Waals surface area contributed by atoms with Crippen molar-refractivity contribution in [3.63, 3.8) is 0 Å². The third kappa shape index (κ3) is 1.96. The summed E-state index contributed by atoms with van der Waals surface area (Å²) in [5.41, 5.74) is 1.49. The number of hydrogen-bond acceptors (Lipinski definition) is 2. The van der Waals surface area contributed by atoms with Gasteiger partial charge in [-0.25, -0.2) is 0 Å². The summed E-state index contributed by atoms with van der Waals surface area (Å²) in [7, 11) is 1.59. The highest BCUT2D eigenvalue weighted by atomic mass is 16.5. The number of Topliss-reactive ketones (excluding diaryl/α,β-unsaturated/α-hetero) is 1. The fourth-order valence-corrected chi connectivity index (χ4v) is 1.16. The Hall–Kier alpha value is -1.57. The maximum Gasteiger partial charge on any atom is 0.160 e. The van der Waals surface area contributed by atoms with Gasteiger partial charge >= 0.3 is 0 Å². The van der Waals surface area contributed by atoms with E-state index in [1.807, 2.05) is 0 Å². The van der Waals surface area contributed by atoms with Gasteiger partial charge < -0.3 is 4.74 Å².